The summed E-state index contributed by atoms with van der Waals surface area (Å²) in [6.07, 6.45) is 32.4. The van der Waals surface area contributed by atoms with Gasteiger partial charge in [0.1, 0.15) is 13.2 Å². The Morgan fingerprint density at radius 3 is 1.74 bits per heavy atom. The van der Waals surface area contributed by atoms with Crippen LogP contribution in [0.15, 0.2) is 24.3 Å². The Hall–Kier alpha value is -1.02. The highest BCUT2D eigenvalue weighted by Gasteiger charge is 2.27. The molecule has 0 saturated heterocycles. The average Bonchev–Trinajstić information content (AvgIpc) is 2.99. The summed E-state index contributed by atoms with van der Waals surface area (Å²) in [6, 6.07) is -0.855. The van der Waals surface area contributed by atoms with Crippen LogP contribution in [0.4, 0.5) is 0 Å². The molecule has 9 heteroatoms. The van der Waals surface area contributed by atoms with Gasteiger partial charge in [0, 0.05) is 6.42 Å². The molecule has 0 bridgehead atoms. The van der Waals surface area contributed by atoms with Gasteiger partial charge in [-0.2, -0.15) is 0 Å². The molecule has 0 aromatic rings. The van der Waals surface area contributed by atoms with Crippen LogP contribution in [0.5, 0.6) is 0 Å². The van der Waals surface area contributed by atoms with Gasteiger partial charge in [-0.1, -0.05) is 141 Å². The Balaban J connectivity index is 4.54. The molecule has 3 atom stereocenters. The highest BCUT2D eigenvalue weighted by atomic mass is 31.2. The van der Waals surface area contributed by atoms with Gasteiger partial charge in [0.25, 0.3) is 0 Å². The molecule has 46 heavy (non-hydrogen) atoms. The monoisotopic (exact) mass is 674 g/mol. The second-order valence-corrected chi connectivity index (χ2v) is 15.4. The van der Waals surface area contributed by atoms with Crippen molar-refractivity contribution in [1.82, 2.24) is 5.32 Å². The number of rotatable bonds is 33. The van der Waals surface area contributed by atoms with Crippen LogP contribution in [0.3, 0.4) is 0 Å². The van der Waals surface area contributed by atoms with E-state index in [1.807, 2.05) is 27.2 Å². The molecule has 0 saturated carbocycles. The number of carbonyl (C=O) groups excluding carboxylic acids is 1. The van der Waals surface area contributed by atoms with Crippen LogP contribution in [0.25, 0.3) is 0 Å². The number of likely N-dealkylation sites (N-methyl/N-ethyl adjacent to an activating group) is 1. The predicted molar refractivity (Wildman–Crippen MR) is 194 cm³/mol. The number of phosphoric acid groups is 1. The van der Waals surface area contributed by atoms with Gasteiger partial charge in [0.05, 0.1) is 39.9 Å². The minimum absolute atomic E-state index is 0.0575. The van der Waals surface area contributed by atoms with E-state index in [1.165, 1.54) is 96.3 Å². The molecule has 0 heterocycles. The average molecular weight is 674 g/mol. The van der Waals surface area contributed by atoms with E-state index in [-0.39, 0.29) is 19.1 Å². The van der Waals surface area contributed by atoms with Crippen LogP contribution in [-0.4, -0.2) is 73.4 Å². The van der Waals surface area contributed by atoms with Crippen molar-refractivity contribution in [3.05, 3.63) is 24.3 Å². The molecule has 3 N–H and O–H groups in total. The van der Waals surface area contributed by atoms with Crippen LogP contribution in [0, 0.1) is 0 Å². The first-order chi connectivity index (χ1) is 22.0. The number of phosphoric ester groups is 1. The van der Waals surface area contributed by atoms with Crippen molar-refractivity contribution in [2.75, 3.05) is 40.9 Å². The third-order valence-electron chi connectivity index (χ3n) is 8.17. The third kappa shape index (κ3) is 31.6. The molecule has 0 spiro atoms. The fraction of sp³-hybridized carbons (Fsp3) is 0.865. The number of amides is 1. The molecule has 1 amide bonds. The van der Waals surface area contributed by atoms with Gasteiger partial charge < -0.3 is 19.8 Å². The maximum absolute atomic E-state index is 12.7. The lowest BCUT2D eigenvalue weighted by atomic mass is 10.0. The summed E-state index contributed by atoms with van der Waals surface area (Å²) in [5.74, 6) is -0.190. The smallest absolute Gasteiger partial charge is 0.387 e. The Labute approximate surface area is 284 Å². The Morgan fingerprint density at radius 1 is 0.717 bits per heavy atom. The Kier molecular flexibility index (Phi) is 29.4. The number of nitrogens with zero attached hydrogens (tertiary/aromatic N) is 1. The summed E-state index contributed by atoms with van der Waals surface area (Å²) in [5.41, 5.74) is 0. The molecule has 0 aromatic carbocycles. The van der Waals surface area contributed by atoms with Crippen LogP contribution < -0.4 is 5.32 Å². The van der Waals surface area contributed by atoms with Crippen molar-refractivity contribution in [3.63, 3.8) is 0 Å². The molecule has 0 fully saturated rings. The van der Waals surface area contributed by atoms with Crippen LogP contribution in [0.1, 0.15) is 155 Å². The number of quaternary nitrogens is 1. The first-order valence-corrected chi connectivity index (χ1v) is 20.2. The van der Waals surface area contributed by atoms with Crippen LogP contribution in [0.2, 0.25) is 0 Å². The number of carbonyl (C=O) groups is 1. The summed E-state index contributed by atoms with van der Waals surface area (Å²) in [4.78, 5) is 22.9. The maximum Gasteiger partial charge on any atom is 0.472 e. The molecule has 272 valence electrons. The van der Waals surface area contributed by atoms with E-state index in [0.717, 1.165) is 38.5 Å². The lowest BCUT2D eigenvalue weighted by Crippen LogP contribution is -2.45. The summed E-state index contributed by atoms with van der Waals surface area (Å²) < 4.78 is 23.4. The van der Waals surface area contributed by atoms with Crippen LogP contribution >= 0.6 is 7.82 Å². The minimum Gasteiger partial charge on any atom is -0.387 e. The van der Waals surface area contributed by atoms with Crippen molar-refractivity contribution in [2.24, 2.45) is 0 Å². The standard InChI is InChI=1S/C37H73N2O6P/c1-6-8-10-12-14-16-18-19-20-21-23-25-27-29-31-37(41)38-35(34-45-46(42,43)44-33-32-39(3,4)5)36(40)30-28-26-24-22-17-15-13-11-9-7-2/h17,22,28,30,35-36,40H,6-16,18-21,23-27,29,31-34H2,1-5H3,(H-,38,41,42,43)/p+1/b22-17+,30-28+/t35-,36+/m0/s1. The Bertz CT molecular complexity index is 814. The lowest BCUT2D eigenvalue weighted by Gasteiger charge is -2.25. The molecule has 0 radical (unpaired) electrons. The fourth-order valence-corrected chi connectivity index (χ4v) is 5.85. The van der Waals surface area contributed by atoms with E-state index < -0.39 is 20.0 Å². The van der Waals surface area contributed by atoms with Crippen molar-refractivity contribution in [2.45, 2.75) is 167 Å². The second kappa shape index (κ2) is 30.1. The van der Waals surface area contributed by atoms with Gasteiger partial charge in [0.2, 0.25) is 5.91 Å². The molecule has 0 aliphatic rings. The normalized spacial score (nSPS) is 15.0. The maximum atomic E-state index is 12.7. The summed E-state index contributed by atoms with van der Waals surface area (Å²) >= 11 is 0. The van der Waals surface area contributed by atoms with Crippen LogP contribution in [-0.2, 0) is 18.4 Å². The van der Waals surface area contributed by atoms with Crippen molar-refractivity contribution >= 4 is 13.7 Å². The Morgan fingerprint density at radius 2 is 1.20 bits per heavy atom. The molecule has 8 nitrogen and oxygen atoms in total. The molecule has 0 aliphatic carbocycles. The number of hydrogen-bond donors (Lipinski definition) is 3. The third-order valence-corrected chi connectivity index (χ3v) is 9.16. The van der Waals surface area contributed by atoms with E-state index in [2.05, 4.69) is 31.3 Å². The molecule has 1 unspecified atom stereocenters. The highest BCUT2D eigenvalue weighted by molar-refractivity contribution is 7.47. The van der Waals surface area contributed by atoms with Crippen molar-refractivity contribution in [3.8, 4) is 0 Å². The lowest BCUT2D eigenvalue weighted by molar-refractivity contribution is -0.870. The molecule has 0 rings (SSSR count). The second-order valence-electron chi connectivity index (χ2n) is 13.9. The SMILES string of the molecule is CCCCCC/C=C/CC/C=C/[C@@H](O)[C@H](COP(=O)(O)OCC[N+](C)(C)C)NC(=O)CCCCCCCCCCCCCCCC. The zero-order chi connectivity index (χ0) is 34.4. The van der Waals surface area contributed by atoms with Gasteiger partial charge >= 0.3 is 7.82 Å². The number of unbranched alkanes of at least 4 members (excludes halogenated alkanes) is 18. The van der Waals surface area contributed by atoms with E-state index >= 15 is 0 Å². The van der Waals surface area contributed by atoms with Gasteiger partial charge in [-0.3, -0.25) is 13.8 Å². The summed E-state index contributed by atoms with van der Waals surface area (Å²) in [5, 5.41) is 13.7. The predicted octanol–water partition coefficient (Wildman–Crippen LogP) is 9.41. The number of aliphatic hydroxyl groups excluding tert-OH is 1. The van der Waals surface area contributed by atoms with E-state index in [1.54, 1.807) is 6.08 Å². The molecule has 0 aromatic heterocycles. The number of nitrogens with one attached hydrogen (secondary N) is 1. The number of allylic oxidation sites excluding steroid dienone is 3. The highest BCUT2D eigenvalue weighted by Crippen LogP contribution is 2.43. The fourth-order valence-electron chi connectivity index (χ4n) is 5.11. The number of hydrogen-bond acceptors (Lipinski definition) is 5. The zero-order valence-corrected chi connectivity index (χ0v) is 31.5. The van der Waals surface area contributed by atoms with Gasteiger partial charge in [-0.05, 0) is 32.1 Å². The number of aliphatic hydroxyl groups is 1. The summed E-state index contributed by atoms with van der Waals surface area (Å²) in [7, 11) is 1.55. The van der Waals surface area contributed by atoms with Crippen molar-refractivity contribution < 1.29 is 32.9 Å². The molecular formula is C37H74N2O6P+. The van der Waals surface area contributed by atoms with Gasteiger partial charge in [-0.15, -0.1) is 0 Å². The first kappa shape index (κ1) is 45.0. The van der Waals surface area contributed by atoms with E-state index in [0.29, 0.717) is 17.4 Å². The molecule has 0 aliphatic heterocycles. The van der Waals surface area contributed by atoms with E-state index in [9.17, 15) is 19.4 Å². The summed E-state index contributed by atoms with van der Waals surface area (Å²) in [6.45, 7) is 4.73. The first-order valence-electron chi connectivity index (χ1n) is 18.7. The zero-order valence-electron chi connectivity index (χ0n) is 30.6. The van der Waals surface area contributed by atoms with Gasteiger partial charge in [0.15, 0.2) is 0 Å². The quantitative estimate of drug-likeness (QED) is 0.0278. The minimum atomic E-state index is -4.33. The van der Waals surface area contributed by atoms with Gasteiger partial charge in [-0.25, -0.2) is 4.57 Å². The van der Waals surface area contributed by atoms with E-state index in [4.69, 9.17) is 9.05 Å². The largest absolute Gasteiger partial charge is 0.472 e. The topological polar surface area (TPSA) is 105 Å². The van der Waals surface area contributed by atoms with Crippen molar-refractivity contribution in [1.29, 1.82) is 0 Å². The molecular weight excluding hydrogens is 599 g/mol.